The Morgan fingerprint density at radius 3 is 2.38 bits per heavy atom. The molecule has 2 fully saturated rings. The van der Waals surface area contributed by atoms with E-state index in [0.717, 1.165) is 15.9 Å². The van der Waals surface area contributed by atoms with Gasteiger partial charge in [0, 0.05) is 31.4 Å². The monoisotopic (exact) mass is 564 g/mol. The van der Waals surface area contributed by atoms with Crippen LogP contribution in [0.2, 0.25) is 0 Å². The molecule has 0 radical (unpaired) electrons. The molecule has 3 heterocycles. The first-order chi connectivity index (χ1) is 18.9. The maximum Gasteiger partial charge on any atom is 0.408 e. The minimum atomic E-state index is -4.81. The lowest BCUT2D eigenvalue weighted by molar-refractivity contribution is -0.158. The average Bonchev–Trinajstić information content (AvgIpc) is 3.72. The Hall–Kier alpha value is -4.61. The van der Waals surface area contributed by atoms with E-state index >= 15 is 0 Å². The number of nitrogens with one attached hydrogen (secondary N) is 1. The molecule has 1 saturated carbocycles. The highest BCUT2D eigenvalue weighted by molar-refractivity contribution is 5.98. The largest absolute Gasteiger partial charge is 0.408 e. The van der Waals surface area contributed by atoms with Gasteiger partial charge in [0.1, 0.15) is 28.9 Å². The lowest BCUT2D eigenvalue weighted by Crippen LogP contribution is -2.48. The van der Waals surface area contributed by atoms with Crippen LogP contribution >= 0.6 is 0 Å². The van der Waals surface area contributed by atoms with E-state index in [2.05, 4.69) is 4.98 Å². The Balaban J connectivity index is 1.70. The lowest BCUT2D eigenvalue weighted by atomic mass is 10.1. The van der Waals surface area contributed by atoms with Gasteiger partial charge >= 0.3 is 12.2 Å². The van der Waals surface area contributed by atoms with Crippen LogP contribution in [0.4, 0.5) is 37.0 Å². The Morgan fingerprint density at radius 2 is 1.77 bits per heavy atom. The number of pyridine rings is 2. The van der Waals surface area contributed by atoms with Crippen molar-refractivity contribution in [3.63, 3.8) is 0 Å². The van der Waals surface area contributed by atoms with Gasteiger partial charge in [-0.2, -0.15) is 18.4 Å². The van der Waals surface area contributed by atoms with E-state index in [4.69, 9.17) is 0 Å². The fraction of sp³-hybridized carbons (Fsp3) is 0.320. The minimum Gasteiger partial charge on any atom is -0.340 e. The molecule has 9 nitrogen and oxygen atoms in total. The van der Waals surface area contributed by atoms with Crippen LogP contribution in [0.3, 0.4) is 0 Å². The summed E-state index contributed by atoms with van der Waals surface area (Å²) in [6.07, 6.45) is -1.68. The molecule has 1 aliphatic carbocycles. The van der Waals surface area contributed by atoms with Gasteiger partial charge in [0.2, 0.25) is 5.43 Å². The maximum atomic E-state index is 14.9. The Bertz CT molecular complexity index is 1620. The van der Waals surface area contributed by atoms with Crippen molar-refractivity contribution in [2.75, 3.05) is 18.0 Å². The maximum absolute atomic E-state index is 14.9. The second-order valence-electron chi connectivity index (χ2n) is 9.37. The quantitative estimate of drug-likeness (QED) is 0.372. The van der Waals surface area contributed by atoms with Crippen LogP contribution in [0.5, 0.6) is 0 Å². The average molecular weight is 564 g/mol. The smallest absolute Gasteiger partial charge is 0.340 e. The number of nitriles is 1. The number of halogens is 6. The normalized spacial score (nSPS) is 16.7. The minimum absolute atomic E-state index is 0.111. The summed E-state index contributed by atoms with van der Waals surface area (Å²) in [4.78, 5) is 45.0. The van der Waals surface area contributed by atoms with E-state index in [0.29, 0.717) is 29.3 Å². The summed E-state index contributed by atoms with van der Waals surface area (Å²) in [7, 11) is 0. The van der Waals surface area contributed by atoms with Crippen molar-refractivity contribution in [1.82, 2.24) is 19.8 Å². The third-order valence-corrected chi connectivity index (χ3v) is 6.66. The Kier molecular flexibility index (Phi) is 6.64. The van der Waals surface area contributed by atoms with Gasteiger partial charge in [0.15, 0.2) is 23.5 Å². The molecule has 3 aromatic rings. The number of rotatable bonds is 5. The fourth-order valence-electron chi connectivity index (χ4n) is 4.59. The predicted octanol–water partition coefficient (Wildman–Crippen LogP) is 3.99. The molecule has 1 aliphatic heterocycles. The highest BCUT2D eigenvalue weighted by Gasteiger charge is 2.50. The van der Waals surface area contributed by atoms with Crippen LogP contribution in [-0.2, 0) is 0 Å². The summed E-state index contributed by atoms with van der Waals surface area (Å²) in [6.45, 7) is 0.258. The number of carbonyl (C=O) groups excluding carboxylic acids is 2. The first-order valence-electron chi connectivity index (χ1n) is 12.0. The van der Waals surface area contributed by atoms with E-state index in [1.54, 1.807) is 11.5 Å². The van der Waals surface area contributed by atoms with Crippen LogP contribution < -0.4 is 15.6 Å². The van der Waals surface area contributed by atoms with Crippen molar-refractivity contribution in [1.29, 1.82) is 5.26 Å². The van der Waals surface area contributed by atoms with Gasteiger partial charge in [-0.25, -0.2) is 27.8 Å². The number of alkyl halides is 3. The zero-order chi connectivity index (χ0) is 28.9. The first-order valence-corrected chi connectivity index (χ1v) is 12.0. The number of hydrogen-bond acceptors (Lipinski definition) is 5. The summed E-state index contributed by atoms with van der Waals surface area (Å²) < 4.78 is 84.7. The summed E-state index contributed by atoms with van der Waals surface area (Å²) >= 11 is 0. The number of urea groups is 1. The molecule has 3 amide bonds. The van der Waals surface area contributed by atoms with Crippen LogP contribution in [-0.4, -0.2) is 51.7 Å². The Labute approximate surface area is 221 Å². The molecule has 0 unspecified atom stereocenters. The number of amides is 3. The molecular weight excluding hydrogens is 546 g/mol. The highest BCUT2D eigenvalue weighted by atomic mass is 19.4. The van der Waals surface area contributed by atoms with Crippen LogP contribution in [0.25, 0.3) is 16.7 Å². The lowest BCUT2D eigenvalue weighted by Gasteiger charge is -2.30. The van der Waals surface area contributed by atoms with Crippen LogP contribution in [0.15, 0.2) is 35.3 Å². The second kappa shape index (κ2) is 9.85. The summed E-state index contributed by atoms with van der Waals surface area (Å²) in [5, 5.41) is 10.6. The predicted molar refractivity (Wildman–Crippen MR) is 127 cm³/mol. The number of fused-ring (bicyclic) bond motifs is 1. The summed E-state index contributed by atoms with van der Waals surface area (Å²) in [6, 6.07) is -0.0448. The molecule has 1 saturated heterocycles. The van der Waals surface area contributed by atoms with Gasteiger partial charge in [-0.1, -0.05) is 0 Å². The molecule has 15 heteroatoms. The van der Waals surface area contributed by atoms with Crippen molar-refractivity contribution < 1.29 is 35.9 Å². The molecule has 0 spiro atoms. The fourth-order valence-corrected chi connectivity index (χ4v) is 4.59. The summed E-state index contributed by atoms with van der Waals surface area (Å²) in [5.74, 6) is -6.62. The van der Waals surface area contributed by atoms with Crippen molar-refractivity contribution in [3.05, 3.63) is 63.7 Å². The third kappa shape index (κ3) is 4.80. The van der Waals surface area contributed by atoms with Crippen molar-refractivity contribution in [2.45, 2.75) is 31.5 Å². The zero-order valence-corrected chi connectivity index (χ0v) is 20.3. The topological polar surface area (TPSA) is 111 Å². The number of benzene rings is 1. The highest BCUT2D eigenvalue weighted by Crippen LogP contribution is 2.40. The Morgan fingerprint density at radius 1 is 1.10 bits per heavy atom. The van der Waals surface area contributed by atoms with Crippen LogP contribution in [0.1, 0.15) is 29.6 Å². The van der Waals surface area contributed by atoms with Gasteiger partial charge < -0.3 is 5.32 Å². The van der Waals surface area contributed by atoms with E-state index < -0.39 is 75.2 Å². The molecule has 1 aromatic carbocycles. The molecule has 40 heavy (non-hydrogen) atoms. The number of aromatic nitrogens is 2. The van der Waals surface area contributed by atoms with Crippen molar-refractivity contribution in [3.8, 4) is 11.9 Å². The first kappa shape index (κ1) is 27.0. The zero-order valence-electron chi connectivity index (χ0n) is 20.3. The van der Waals surface area contributed by atoms with Gasteiger partial charge in [0.25, 0.3) is 5.91 Å². The molecule has 1 atom stereocenters. The third-order valence-electron chi connectivity index (χ3n) is 6.66. The van der Waals surface area contributed by atoms with Crippen molar-refractivity contribution >= 4 is 28.8 Å². The summed E-state index contributed by atoms with van der Waals surface area (Å²) in [5.41, 5.74) is -3.40. The molecule has 5 rings (SSSR count). The number of hydrogen-bond donors (Lipinski definition) is 1. The molecule has 2 aromatic heterocycles. The molecule has 2 aliphatic rings. The molecule has 1 N–H and O–H groups in total. The van der Waals surface area contributed by atoms with E-state index in [1.165, 1.54) is 6.07 Å². The number of carbonyl (C=O) groups is 2. The van der Waals surface area contributed by atoms with Gasteiger partial charge in [0.05, 0.1) is 5.39 Å². The second-order valence-corrected chi connectivity index (χ2v) is 9.37. The van der Waals surface area contributed by atoms with Crippen LogP contribution in [0, 0.1) is 34.8 Å². The molecule has 0 bridgehead atoms. The van der Waals surface area contributed by atoms with Gasteiger partial charge in [-0.3, -0.25) is 19.1 Å². The number of anilines is 1. The van der Waals surface area contributed by atoms with Gasteiger partial charge in [-0.05, 0) is 37.3 Å². The molecular formula is C25H18F6N6O3. The molecule has 208 valence electrons. The van der Waals surface area contributed by atoms with Gasteiger partial charge in [-0.15, -0.1) is 0 Å². The number of nitrogens with zero attached hydrogens (tertiary/aromatic N) is 5. The van der Waals surface area contributed by atoms with Crippen molar-refractivity contribution in [2.24, 2.45) is 5.92 Å². The standard InChI is InChI=1S/C25H18F6N6O3/c26-13-8-16(27)19(17(28)9-13)37-10-15(23(39)34-21(12-2-3-12)25(29,30)31)20(38)14-4-5-18(33-22(14)37)36-7-1-6-35(11-32)24(36)40/h4-5,8-10,12,21H,1-3,6-7H2,(H,34,39)/t21-/m0/s1. The SMILES string of the molecule is N#CN1CCCN(c2ccc3c(=O)c(C(=O)N[C@@H](C4CC4)C(F)(F)F)cn(-c4c(F)cc(F)cc4F)c3n2)C1=O. The van der Waals surface area contributed by atoms with E-state index in [-0.39, 0.29) is 31.7 Å². The van der Waals surface area contributed by atoms with E-state index in [1.807, 2.05) is 0 Å². The van der Waals surface area contributed by atoms with E-state index in [9.17, 15) is 46.0 Å².